The molecule has 0 bridgehead atoms. The van der Waals surface area contributed by atoms with E-state index in [1.54, 1.807) is 29.2 Å². The highest BCUT2D eigenvalue weighted by atomic mass is 32.2. The van der Waals surface area contributed by atoms with E-state index in [2.05, 4.69) is 0 Å². The lowest BCUT2D eigenvalue weighted by molar-refractivity contribution is -0.113. The van der Waals surface area contributed by atoms with Crippen molar-refractivity contribution in [3.8, 4) is 11.5 Å². The third-order valence-corrected chi connectivity index (χ3v) is 5.94. The molecule has 156 valence electrons. The zero-order valence-electron chi connectivity index (χ0n) is 17.5. The molecule has 4 rings (SSSR count). The number of aryl methyl sites for hydroxylation is 2. The zero-order valence-corrected chi connectivity index (χ0v) is 18.3. The molecule has 0 unspecified atom stereocenters. The quantitative estimate of drug-likeness (QED) is 0.529. The minimum atomic E-state index is -0.145. The van der Waals surface area contributed by atoms with Gasteiger partial charge in [0.25, 0.3) is 5.91 Å². The molecule has 3 aromatic rings. The highest BCUT2D eigenvalue weighted by Crippen LogP contribution is 2.39. The minimum Gasteiger partial charge on any atom is -0.504 e. The number of thioether (sulfide) groups is 1. The number of aromatic hydroxyl groups is 1. The summed E-state index contributed by atoms with van der Waals surface area (Å²) in [5.74, 6) is 0.264. The van der Waals surface area contributed by atoms with E-state index in [0.717, 1.165) is 28.1 Å². The Morgan fingerprint density at radius 1 is 1.00 bits per heavy atom. The number of hydrogen-bond donors (Lipinski definition) is 1. The fourth-order valence-electron chi connectivity index (χ4n) is 3.37. The number of nitrogens with zero attached hydrogens (tertiary/aromatic N) is 2. The number of amides is 1. The molecular weight excluding hydrogens is 408 g/mol. The largest absolute Gasteiger partial charge is 0.504 e. The number of hydrogen-bond acceptors (Lipinski definition) is 5. The van der Waals surface area contributed by atoms with Gasteiger partial charge in [-0.25, -0.2) is 4.99 Å². The number of carbonyl (C=O) groups excluding carboxylic acids is 1. The number of phenols is 1. The van der Waals surface area contributed by atoms with Crippen LogP contribution in [0.15, 0.2) is 76.6 Å². The molecule has 1 saturated heterocycles. The maximum atomic E-state index is 13.4. The predicted molar refractivity (Wildman–Crippen MR) is 127 cm³/mol. The van der Waals surface area contributed by atoms with E-state index in [1.807, 2.05) is 62.4 Å². The molecule has 0 aliphatic carbocycles. The number of para-hydroxylation sites is 2. The average Bonchev–Trinajstić information content (AvgIpc) is 3.07. The number of ether oxygens (including phenoxy) is 1. The fraction of sp³-hybridized carbons (Fsp3) is 0.120. The number of methoxy groups -OCH3 is 1. The first-order valence-corrected chi connectivity index (χ1v) is 10.6. The molecule has 1 aliphatic rings. The van der Waals surface area contributed by atoms with E-state index in [9.17, 15) is 9.90 Å². The normalized spacial score (nSPS) is 16.4. The molecule has 1 fully saturated rings. The van der Waals surface area contributed by atoms with Crippen molar-refractivity contribution in [2.75, 3.05) is 12.0 Å². The van der Waals surface area contributed by atoms with Gasteiger partial charge >= 0.3 is 0 Å². The van der Waals surface area contributed by atoms with Crippen molar-refractivity contribution < 1.29 is 14.6 Å². The number of carbonyl (C=O) groups is 1. The lowest BCUT2D eigenvalue weighted by Crippen LogP contribution is -2.28. The first-order valence-electron chi connectivity index (χ1n) is 9.79. The summed E-state index contributed by atoms with van der Waals surface area (Å²) in [6, 6.07) is 20.5. The molecule has 5 nitrogen and oxygen atoms in total. The van der Waals surface area contributed by atoms with Gasteiger partial charge in [-0.3, -0.25) is 9.69 Å². The van der Waals surface area contributed by atoms with Gasteiger partial charge < -0.3 is 9.84 Å². The standard InChI is InChI=1S/C25H22N2O3S/c1-16-8-7-9-17(2)23(16)26-25-27(19-10-5-4-6-11-19)24(29)22(31-25)15-18-12-13-20(28)21(14-18)30-3/h4-15,28H,1-3H3/b22-15+,26-25?. The molecule has 0 spiro atoms. The second-order valence-corrected chi connectivity index (χ2v) is 8.16. The Hall–Kier alpha value is -3.51. The summed E-state index contributed by atoms with van der Waals surface area (Å²) in [4.78, 5) is 20.4. The number of amidine groups is 1. The molecule has 31 heavy (non-hydrogen) atoms. The summed E-state index contributed by atoms with van der Waals surface area (Å²) in [7, 11) is 1.49. The smallest absolute Gasteiger partial charge is 0.271 e. The molecule has 3 aromatic carbocycles. The van der Waals surface area contributed by atoms with E-state index < -0.39 is 0 Å². The Kier molecular flexibility index (Phi) is 5.82. The number of rotatable bonds is 4. The van der Waals surface area contributed by atoms with Crippen LogP contribution >= 0.6 is 11.8 Å². The van der Waals surface area contributed by atoms with Crippen molar-refractivity contribution in [2.45, 2.75) is 13.8 Å². The first kappa shape index (κ1) is 20.8. The van der Waals surface area contributed by atoms with Crippen LogP contribution < -0.4 is 9.64 Å². The topological polar surface area (TPSA) is 62.1 Å². The van der Waals surface area contributed by atoms with E-state index >= 15 is 0 Å². The second kappa shape index (κ2) is 8.70. The van der Waals surface area contributed by atoms with Crippen molar-refractivity contribution in [3.63, 3.8) is 0 Å². The number of phenolic OH excluding ortho intramolecular Hbond substituents is 1. The lowest BCUT2D eigenvalue weighted by atomic mass is 10.1. The van der Waals surface area contributed by atoms with Crippen molar-refractivity contribution in [3.05, 3.63) is 88.3 Å². The van der Waals surface area contributed by atoms with Crippen LogP contribution in [-0.4, -0.2) is 23.3 Å². The van der Waals surface area contributed by atoms with Gasteiger partial charge in [-0.05, 0) is 72.6 Å². The van der Waals surface area contributed by atoms with E-state index in [0.29, 0.717) is 15.8 Å². The molecule has 1 N–H and O–H groups in total. The maximum absolute atomic E-state index is 13.4. The van der Waals surface area contributed by atoms with Gasteiger partial charge in [-0.2, -0.15) is 0 Å². The summed E-state index contributed by atoms with van der Waals surface area (Å²) in [6.45, 7) is 4.03. The maximum Gasteiger partial charge on any atom is 0.271 e. The number of anilines is 1. The monoisotopic (exact) mass is 430 g/mol. The third kappa shape index (κ3) is 4.20. The SMILES string of the molecule is COc1cc(/C=C2/SC(=Nc3c(C)cccc3C)N(c3ccccc3)C2=O)ccc1O. The van der Waals surface area contributed by atoms with Gasteiger partial charge in [0, 0.05) is 0 Å². The van der Waals surface area contributed by atoms with Crippen LogP contribution in [0.1, 0.15) is 16.7 Å². The molecule has 0 saturated carbocycles. The van der Waals surface area contributed by atoms with Gasteiger partial charge in [0.1, 0.15) is 0 Å². The summed E-state index contributed by atoms with van der Waals surface area (Å²) in [5, 5.41) is 10.5. The Bertz CT molecular complexity index is 1180. The summed E-state index contributed by atoms with van der Waals surface area (Å²) in [5.41, 5.74) is 4.48. The molecule has 1 heterocycles. The van der Waals surface area contributed by atoms with Crippen LogP contribution in [0.25, 0.3) is 6.08 Å². The molecule has 1 aliphatic heterocycles. The second-order valence-electron chi connectivity index (χ2n) is 7.15. The fourth-order valence-corrected chi connectivity index (χ4v) is 4.35. The molecule has 1 amide bonds. The van der Waals surface area contributed by atoms with Crippen LogP contribution in [0.2, 0.25) is 0 Å². The Morgan fingerprint density at radius 2 is 1.71 bits per heavy atom. The van der Waals surface area contributed by atoms with E-state index in [-0.39, 0.29) is 11.7 Å². The number of aliphatic imine (C=N–C) groups is 1. The number of benzene rings is 3. The molecular formula is C25H22N2O3S. The Morgan fingerprint density at radius 3 is 2.39 bits per heavy atom. The van der Waals surface area contributed by atoms with Crippen LogP contribution in [0.4, 0.5) is 11.4 Å². The van der Waals surface area contributed by atoms with Crippen molar-refractivity contribution in [1.82, 2.24) is 0 Å². The zero-order chi connectivity index (χ0) is 22.0. The van der Waals surface area contributed by atoms with Gasteiger partial charge in [0.2, 0.25) is 0 Å². The van der Waals surface area contributed by atoms with Crippen molar-refractivity contribution in [1.29, 1.82) is 0 Å². The molecule has 0 atom stereocenters. The summed E-state index contributed by atoms with van der Waals surface area (Å²) in [6.07, 6.45) is 1.79. The third-order valence-electron chi connectivity index (χ3n) is 4.97. The molecule has 6 heteroatoms. The highest BCUT2D eigenvalue weighted by Gasteiger charge is 2.35. The van der Waals surface area contributed by atoms with Gasteiger partial charge in [0.05, 0.1) is 23.4 Å². The minimum absolute atomic E-state index is 0.0539. The van der Waals surface area contributed by atoms with Gasteiger partial charge in [-0.15, -0.1) is 0 Å². The van der Waals surface area contributed by atoms with Crippen LogP contribution in [0.3, 0.4) is 0 Å². The van der Waals surface area contributed by atoms with E-state index in [1.165, 1.54) is 18.9 Å². The molecule has 0 radical (unpaired) electrons. The van der Waals surface area contributed by atoms with Gasteiger partial charge in [-0.1, -0.05) is 42.5 Å². The van der Waals surface area contributed by atoms with E-state index in [4.69, 9.17) is 9.73 Å². The van der Waals surface area contributed by atoms with Crippen LogP contribution in [0.5, 0.6) is 11.5 Å². The Balaban J connectivity index is 1.81. The first-order chi connectivity index (χ1) is 15.0. The van der Waals surface area contributed by atoms with Crippen LogP contribution in [-0.2, 0) is 4.79 Å². The van der Waals surface area contributed by atoms with Crippen molar-refractivity contribution >= 4 is 40.3 Å². The van der Waals surface area contributed by atoms with Crippen LogP contribution in [0, 0.1) is 13.8 Å². The lowest BCUT2D eigenvalue weighted by Gasteiger charge is -2.16. The highest BCUT2D eigenvalue weighted by molar-refractivity contribution is 8.19. The Labute approximate surface area is 185 Å². The predicted octanol–water partition coefficient (Wildman–Crippen LogP) is 5.83. The molecule has 0 aromatic heterocycles. The summed E-state index contributed by atoms with van der Waals surface area (Å²) >= 11 is 1.33. The van der Waals surface area contributed by atoms with Gasteiger partial charge in [0.15, 0.2) is 16.7 Å². The average molecular weight is 431 g/mol. The summed E-state index contributed by atoms with van der Waals surface area (Å²) < 4.78 is 5.19. The van der Waals surface area contributed by atoms with Crippen molar-refractivity contribution in [2.24, 2.45) is 4.99 Å².